The molecule has 6 heteroatoms. The molecule has 0 spiro atoms. The number of nitrogens with one attached hydrogen (secondary N) is 1. The number of piperazine rings is 1. The van der Waals surface area contributed by atoms with E-state index in [1.54, 1.807) is 0 Å². The third-order valence-electron chi connectivity index (χ3n) is 7.98. The second kappa shape index (κ2) is 7.45. The quantitative estimate of drug-likeness (QED) is 0.579. The Kier molecular flexibility index (Phi) is 4.70. The first kappa shape index (κ1) is 21.4. The second-order valence-electron chi connectivity index (χ2n) is 10.5. The topological polar surface area (TPSA) is 74.6 Å². The number of carbonyl (C=O) groups excluding carboxylic acids is 1. The zero-order valence-corrected chi connectivity index (χ0v) is 20.2. The number of H-pyrrole nitrogens is 1. The van der Waals surface area contributed by atoms with Gasteiger partial charge in [-0.3, -0.25) is 9.69 Å². The van der Waals surface area contributed by atoms with Crippen molar-refractivity contribution >= 4 is 33.6 Å². The summed E-state index contributed by atoms with van der Waals surface area (Å²) in [6.45, 7) is 16.4. The SMILES string of the molecule is C=C(C)c1cc2c(cc1N1CCN(C3COC3)CC1)C(C)(C)c1[nH]c3cc(N)ccc3c1C2=O. The van der Waals surface area contributed by atoms with Crippen LogP contribution in [0.15, 0.2) is 36.9 Å². The van der Waals surface area contributed by atoms with Gasteiger partial charge < -0.3 is 20.4 Å². The largest absolute Gasteiger partial charge is 0.399 e. The predicted molar refractivity (Wildman–Crippen MR) is 138 cm³/mol. The smallest absolute Gasteiger partial charge is 0.195 e. The van der Waals surface area contributed by atoms with Gasteiger partial charge in [-0.2, -0.15) is 0 Å². The number of aromatic nitrogens is 1. The standard InChI is InChI=1S/C28H32N4O2/c1-16(2)20-12-21-22(13-24(20)32-9-7-31(8-10-32)18-14-34-15-18)28(3,4)27-25(26(21)33)19-6-5-17(29)11-23(19)30-27/h5-6,11-13,18,30H,1,7-10,14-15,29H2,2-4H3. The Balaban J connectivity index is 1.45. The molecule has 0 bridgehead atoms. The summed E-state index contributed by atoms with van der Waals surface area (Å²) < 4.78 is 5.39. The number of hydrogen-bond donors (Lipinski definition) is 2. The summed E-state index contributed by atoms with van der Waals surface area (Å²) in [5, 5.41) is 0.935. The lowest BCUT2D eigenvalue weighted by Gasteiger charge is -2.44. The van der Waals surface area contributed by atoms with E-state index in [4.69, 9.17) is 10.5 Å². The minimum Gasteiger partial charge on any atom is -0.399 e. The van der Waals surface area contributed by atoms with E-state index in [-0.39, 0.29) is 11.2 Å². The van der Waals surface area contributed by atoms with E-state index in [1.165, 1.54) is 5.69 Å². The molecule has 0 saturated carbocycles. The van der Waals surface area contributed by atoms with Gasteiger partial charge in [0.1, 0.15) is 0 Å². The first-order valence-electron chi connectivity index (χ1n) is 12.1. The van der Waals surface area contributed by atoms with Crippen LogP contribution in [0.1, 0.15) is 53.5 Å². The molecule has 3 aromatic rings. The van der Waals surface area contributed by atoms with E-state index in [2.05, 4.69) is 47.3 Å². The summed E-state index contributed by atoms with van der Waals surface area (Å²) in [5.74, 6) is 0.0733. The van der Waals surface area contributed by atoms with Crippen LogP contribution in [0.5, 0.6) is 0 Å². The second-order valence-corrected chi connectivity index (χ2v) is 10.5. The van der Waals surface area contributed by atoms with Crippen molar-refractivity contribution in [1.29, 1.82) is 0 Å². The van der Waals surface area contributed by atoms with Gasteiger partial charge in [-0.25, -0.2) is 0 Å². The van der Waals surface area contributed by atoms with Crippen molar-refractivity contribution in [2.45, 2.75) is 32.2 Å². The molecule has 6 rings (SSSR count). The fourth-order valence-electron chi connectivity index (χ4n) is 5.85. The number of aromatic amines is 1. The number of ether oxygens (including phenoxy) is 1. The third kappa shape index (κ3) is 3.05. The van der Waals surface area contributed by atoms with Crippen molar-refractivity contribution < 1.29 is 9.53 Å². The van der Waals surface area contributed by atoms with E-state index < -0.39 is 0 Å². The van der Waals surface area contributed by atoms with E-state index >= 15 is 0 Å². The fourth-order valence-corrected chi connectivity index (χ4v) is 5.85. The molecule has 0 radical (unpaired) electrons. The number of benzene rings is 2. The molecule has 176 valence electrons. The highest BCUT2D eigenvalue weighted by Crippen LogP contribution is 2.46. The van der Waals surface area contributed by atoms with Gasteiger partial charge in [0.15, 0.2) is 5.78 Å². The molecule has 0 amide bonds. The number of carbonyl (C=O) groups is 1. The van der Waals surface area contributed by atoms with Gasteiger partial charge >= 0.3 is 0 Å². The van der Waals surface area contributed by atoms with Crippen LogP contribution in [-0.4, -0.2) is 61.1 Å². The predicted octanol–water partition coefficient (Wildman–Crippen LogP) is 4.17. The van der Waals surface area contributed by atoms with Gasteiger partial charge in [0.25, 0.3) is 0 Å². The molecule has 1 aliphatic carbocycles. The lowest BCUT2D eigenvalue weighted by atomic mass is 9.70. The number of anilines is 2. The van der Waals surface area contributed by atoms with Gasteiger partial charge in [-0.05, 0) is 42.3 Å². The monoisotopic (exact) mass is 456 g/mol. The van der Waals surface area contributed by atoms with Crippen molar-refractivity contribution in [3.63, 3.8) is 0 Å². The molecule has 2 aromatic carbocycles. The molecule has 34 heavy (non-hydrogen) atoms. The van der Waals surface area contributed by atoms with Crippen molar-refractivity contribution in [1.82, 2.24) is 9.88 Å². The van der Waals surface area contributed by atoms with Crippen LogP contribution in [0.3, 0.4) is 0 Å². The number of nitrogen functional groups attached to an aromatic ring is 1. The lowest BCUT2D eigenvalue weighted by Crippen LogP contribution is -2.56. The number of hydrogen-bond acceptors (Lipinski definition) is 5. The maximum absolute atomic E-state index is 13.9. The van der Waals surface area contributed by atoms with Crippen molar-refractivity contribution in [3.8, 4) is 0 Å². The lowest BCUT2D eigenvalue weighted by molar-refractivity contribution is -0.0660. The van der Waals surface area contributed by atoms with Gasteiger partial charge in [0.2, 0.25) is 0 Å². The highest BCUT2D eigenvalue weighted by atomic mass is 16.5. The van der Waals surface area contributed by atoms with Gasteiger partial charge in [-0.15, -0.1) is 0 Å². The van der Waals surface area contributed by atoms with Crippen LogP contribution in [0.2, 0.25) is 0 Å². The molecular formula is C28H32N4O2. The highest BCUT2D eigenvalue weighted by molar-refractivity contribution is 6.20. The Morgan fingerprint density at radius 1 is 1.15 bits per heavy atom. The number of ketones is 1. The maximum Gasteiger partial charge on any atom is 0.195 e. The van der Waals surface area contributed by atoms with Crippen molar-refractivity contribution in [2.24, 2.45) is 0 Å². The summed E-state index contributed by atoms with van der Waals surface area (Å²) in [6.07, 6.45) is 0. The Bertz CT molecular complexity index is 1340. The van der Waals surface area contributed by atoms with Crippen LogP contribution < -0.4 is 10.6 Å². The Hall–Kier alpha value is -3.09. The molecule has 2 saturated heterocycles. The fraction of sp³-hybridized carbons (Fsp3) is 0.393. The third-order valence-corrected chi connectivity index (χ3v) is 7.98. The van der Waals surface area contributed by atoms with Crippen LogP contribution in [0.4, 0.5) is 11.4 Å². The zero-order chi connectivity index (χ0) is 23.8. The zero-order valence-electron chi connectivity index (χ0n) is 20.2. The van der Waals surface area contributed by atoms with Crippen LogP contribution >= 0.6 is 0 Å². The summed E-state index contributed by atoms with van der Waals surface area (Å²) in [6, 6.07) is 10.6. The first-order valence-corrected chi connectivity index (χ1v) is 12.1. The molecule has 3 aliphatic rings. The van der Waals surface area contributed by atoms with Crippen LogP contribution in [-0.2, 0) is 10.2 Å². The molecule has 6 nitrogen and oxygen atoms in total. The minimum atomic E-state index is -0.347. The average molecular weight is 457 g/mol. The minimum absolute atomic E-state index is 0.0733. The maximum atomic E-state index is 13.9. The number of fused-ring (bicyclic) bond motifs is 4. The summed E-state index contributed by atoms with van der Waals surface area (Å²) >= 11 is 0. The van der Waals surface area contributed by atoms with Crippen molar-refractivity contribution in [2.75, 3.05) is 50.0 Å². The molecule has 2 aliphatic heterocycles. The molecule has 0 atom stereocenters. The number of nitrogens with zero attached hydrogens (tertiary/aromatic N) is 2. The van der Waals surface area contributed by atoms with Crippen LogP contribution in [0.25, 0.3) is 16.5 Å². The number of rotatable bonds is 3. The Morgan fingerprint density at radius 3 is 2.53 bits per heavy atom. The molecule has 0 unspecified atom stereocenters. The molecule has 2 fully saturated rings. The van der Waals surface area contributed by atoms with E-state index in [0.717, 1.165) is 83.8 Å². The molecule has 3 heterocycles. The Labute approximate surface area is 200 Å². The number of nitrogens with two attached hydrogens (primary N) is 1. The Morgan fingerprint density at radius 2 is 1.88 bits per heavy atom. The molecule has 1 aromatic heterocycles. The van der Waals surface area contributed by atoms with Gasteiger partial charge in [0.05, 0.1) is 24.8 Å². The highest BCUT2D eigenvalue weighted by Gasteiger charge is 2.41. The van der Waals surface area contributed by atoms with E-state index in [1.807, 2.05) is 25.1 Å². The summed E-state index contributed by atoms with van der Waals surface area (Å²) in [5.41, 5.74) is 14.1. The van der Waals surface area contributed by atoms with Gasteiger partial charge in [0, 0.05) is 70.7 Å². The summed E-state index contributed by atoms with van der Waals surface area (Å²) in [7, 11) is 0. The molecule has 3 N–H and O–H groups in total. The van der Waals surface area contributed by atoms with Crippen molar-refractivity contribution in [3.05, 3.63) is 64.9 Å². The molecular weight excluding hydrogens is 424 g/mol. The average Bonchev–Trinajstić information content (AvgIpc) is 3.16. The normalized spacial score (nSPS) is 20.2. The van der Waals surface area contributed by atoms with E-state index in [9.17, 15) is 4.79 Å². The van der Waals surface area contributed by atoms with Gasteiger partial charge in [-0.1, -0.05) is 26.5 Å². The van der Waals surface area contributed by atoms with E-state index in [0.29, 0.717) is 11.7 Å². The first-order chi connectivity index (χ1) is 16.3. The number of allylic oxidation sites excluding steroid dienone is 1. The van der Waals surface area contributed by atoms with Crippen LogP contribution in [0, 0.1) is 0 Å². The summed E-state index contributed by atoms with van der Waals surface area (Å²) in [4.78, 5) is 22.4.